The molecule has 0 aliphatic carbocycles. The standard InChI is InChI=1S/C10H22N2O2.ClH/c1-4-9(5-2)12-10(13)8-11-6-7-14-3;/h9,11H,4-8H2,1-3H3,(H,12,13);1H. The third-order valence-corrected chi connectivity index (χ3v) is 2.12. The van der Waals surface area contributed by atoms with Crippen molar-refractivity contribution in [2.45, 2.75) is 32.7 Å². The summed E-state index contributed by atoms with van der Waals surface area (Å²) in [6, 6.07) is 0.312. The minimum absolute atomic E-state index is 0. The molecule has 0 aliphatic rings. The lowest BCUT2D eigenvalue weighted by atomic mass is 10.2. The van der Waals surface area contributed by atoms with Crippen LogP contribution in [0.3, 0.4) is 0 Å². The quantitative estimate of drug-likeness (QED) is 0.619. The van der Waals surface area contributed by atoms with Gasteiger partial charge in [-0.15, -0.1) is 12.4 Å². The fourth-order valence-electron chi connectivity index (χ4n) is 1.15. The topological polar surface area (TPSA) is 50.4 Å². The summed E-state index contributed by atoms with van der Waals surface area (Å²) in [5.74, 6) is 0.0646. The van der Waals surface area contributed by atoms with Crippen LogP contribution >= 0.6 is 12.4 Å². The van der Waals surface area contributed by atoms with Gasteiger partial charge in [-0.1, -0.05) is 13.8 Å². The number of methoxy groups -OCH3 is 1. The summed E-state index contributed by atoms with van der Waals surface area (Å²) in [4.78, 5) is 11.3. The molecule has 0 bridgehead atoms. The maximum Gasteiger partial charge on any atom is 0.234 e. The van der Waals surface area contributed by atoms with Crippen LogP contribution in [0.5, 0.6) is 0 Å². The first kappa shape index (κ1) is 17.1. The third-order valence-electron chi connectivity index (χ3n) is 2.12. The van der Waals surface area contributed by atoms with Crippen molar-refractivity contribution in [3.8, 4) is 0 Å². The van der Waals surface area contributed by atoms with Gasteiger partial charge in [0.05, 0.1) is 13.2 Å². The number of hydrogen-bond acceptors (Lipinski definition) is 3. The van der Waals surface area contributed by atoms with E-state index in [-0.39, 0.29) is 18.3 Å². The van der Waals surface area contributed by atoms with E-state index in [1.165, 1.54) is 0 Å². The van der Waals surface area contributed by atoms with Crippen molar-refractivity contribution >= 4 is 18.3 Å². The Morgan fingerprint density at radius 2 is 1.93 bits per heavy atom. The molecule has 1 amide bonds. The van der Waals surface area contributed by atoms with E-state index in [2.05, 4.69) is 24.5 Å². The van der Waals surface area contributed by atoms with Crippen molar-refractivity contribution in [2.24, 2.45) is 0 Å². The van der Waals surface area contributed by atoms with Crippen molar-refractivity contribution in [1.29, 1.82) is 0 Å². The van der Waals surface area contributed by atoms with E-state index in [4.69, 9.17) is 4.74 Å². The van der Waals surface area contributed by atoms with Gasteiger partial charge in [0.1, 0.15) is 0 Å². The Hall–Kier alpha value is -0.320. The molecule has 0 atom stereocenters. The molecule has 0 spiro atoms. The summed E-state index contributed by atoms with van der Waals surface area (Å²) in [7, 11) is 1.64. The minimum Gasteiger partial charge on any atom is -0.383 e. The summed E-state index contributed by atoms with van der Waals surface area (Å²) >= 11 is 0. The van der Waals surface area contributed by atoms with Gasteiger partial charge in [0.2, 0.25) is 5.91 Å². The van der Waals surface area contributed by atoms with Gasteiger partial charge in [0, 0.05) is 19.7 Å². The number of nitrogens with one attached hydrogen (secondary N) is 2. The van der Waals surface area contributed by atoms with Crippen LogP contribution in [0, 0.1) is 0 Å². The molecule has 0 aromatic carbocycles. The van der Waals surface area contributed by atoms with Crippen LogP contribution in [-0.2, 0) is 9.53 Å². The molecular weight excluding hydrogens is 216 g/mol. The predicted octanol–water partition coefficient (Wildman–Crippen LogP) is 0.949. The first-order chi connectivity index (χ1) is 6.74. The summed E-state index contributed by atoms with van der Waals surface area (Å²) < 4.78 is 4.85. The third kappa shape index (κ3) is 9.97. The number of carbonyl (C=O) groups is 1. The van der Waals surface area contributed by atoms with Crippen molar-refractivity contribution in [2.75, 3.05) is 26.8 Å². The second kappa shape index (κ2) is 11.8. The minimum atomic E-state index is 0. The Kier molecular flexibility index (Phi) is 13.4. The maximum absolute atomic E-state index is 11.3. The van der Waals surface area contributed by atoms with Gasteiger partial charge in [-0.25, -0.2) is 0 Å². The highest BCUT2D eigenvalue weighted by Gasteiger charge is 2.06. The molecule has 0 unspecified atom stereocenters. The van der Waals surface area contributed by atoms with Gasteiger partial charge >= 0.3 is 0 Å². The second-order valence-corrected chi connectivity index (χ2v) is 3.25. The van der Waals surface area contributed by atoms with Crippen LogP contribution in [0.15, 0.2) is 0 Å². The molecule has 0 radical (unpaired) electrons. The van der Waals surface area contributed by atoms with Crippen LogP contribution in [0.2, 0.25) is 0 Å². The Bertz CT molecular complexity index is 152. The highest BCUT2D eigenvalue weighted by molar-refractivity contribution is 5.85. The number of carbonyl (C=O) groups excluding carboxylic acids is 1. The summed E-state index contributed by atoms with van der Waals surface area (Å²) in [5, 5.41) is 5.95. The average molecular weight is 239 g/mol. The lowest BCUT2D eigenvalue weighted by Crippen LogP contribution is -2.40. The fraction of sp³-hybridized carbons (Fsp3) is 0.900. The summed E-state index contributed by atoms with van der Waals surface area (Å²) in [5.41, 5.74) is 0. The monoisotopic (exact) mass is 238 g/mol. The van der Waals surface area contributed by atoms with Gasteiger partial charge in [-0.2, -0.15) is 0 Å². The molecular formula is C10H23ClN2O2. The number of hydrogen-bond donors (Lipinski definition) is 2. The molecule has 0 aromatic heterocycles. The first-order valence-corrected chi connectivity index (χ1v) is 5.23. The van der Waals surface area contributed by atoms with Crippen LogP contribution in [-0.4, -0.2) is 38.8 Å². The van der Waals surface area contributed by atoms with Gasteiger partial charge in [0.25, 0.3) is 0 Å². The number of halogens is 1. The number of rotatable bonds is 8. The van der Waals surface area contributed by atoms with Gasteiger partial charge in [-0.05, 0) is 12.8 Å². The van der Waals surface area contributed by atoms with E-state index in [1.807, 2.05) is 0 Å². The molecule has 0 saturated carbocycles. The molecule has 92 valence electrons. The molecule has 0 saturated heterocycles. The molecule has 2 N–H and O–H groups in total. The average Bonchev–Trinajstić information content (AvgIpc) is 2.21. The Labute approximate surface area is 98.6 Å². The summed E-state index contributed by atoms with van der Waals surface area (Å²) in [6.45, 7) is 5.88. The zero-order valence-corrected chi connectivity index (χ0v) is 10.7. The van der Waals surface area contributed by atoms with E-state index in [1.54, 1.807) is 7.11 Å². The predicted molar refractivity (Wildman–Crippen MR) is 64.5 cm³/mol. The van der Waals surface area contributed by atoms with Crippen LogP contribution in [0.4, 0.5) is 0 Å². The summed E-state index contributed by atoms with van der Waals surface area (Å²) in [6.07, 6.45) is 1.97. The van der Waals surface area contributed by atoms with Crippen molar-refractivity contribution in [1.82, 2.24) is 10.6 Å². The van der Waals surface area contributed by atoms with Crippen molar-refractivity contribution < 1.29 is 9.53 Å². The maximum atomic E-state index is 11.3. The molecule has 0 aromatic rings. The van der Waals surface area contributed by atoms with E-state index >= 15 is 0 Å². The zero-order valence-electron chi connectivity index (χ0n) is 9.84. The highest BCUT2D eigenvalue weighted by atomic mass is 35.5. The number of ether oxygens (including phenoxy) is 1. The van der Waals surface area contributed by atoms with E-state index < -0.39 is 0 Å². The zero-order chi connectivity index (χ0) is 10.8. The molecule has 4 nitrogen and oxygen atoms in total. The van der Waals surface area contributed by atoms with E-state index in [9.17, 15) is 4.79 Å². The Morgan fingerprint density at radius 3 is 2.40 bits per heavy atom. The van der Waals surface area contributed by atoms with Crippen LogP contribution in [0.25, 0.3) is 0 Å². The smallest absolute Gasteiger partial charge is 0.234 e. The molecule has 0 heterocycles. The molecule has 0 fully saturated rings. The molecule has 0 aliphatic heterocycles. The lowest BCUT2D eigenvalue weighted by molar-refractivity contribution is -0.121. The largest absolute Gasteiger partial charge is 0.383 e. The second-order valence-electron chi connectivity index (χ2n) is 3.25. The SMILES string of the molecule is CCC(CC)NC(=O)CNCCOC.Cl. The first-order valence-electron chi connectivity index (χ1n) is 5.23. The van der Waals surface area contributed by atoms with Crippen LogP contribution < -0.4 is 10.6 Å². The molecule has 15 heavy (non-hydrogen) atoms. The Balaban J connectivity index is 0. The van der Waals surface area contributed by atoms with Crippen molar-refractivity contribution in [3.63, 3.8) is 0 Å². The van der Waals surface area contributed by atoms with Gasteiger partial charge in [-0.3, -0.25) is 4.79 Å². The van der Waals surface area contributed by atoms with E-state index in [0.717, 1.165) is 12.8 Å². The highest BCUT2D eigenvalue weighted by Crippen LogP contribution is 1.94. The fourth-order valence-corrected chi connectivity index (χ4v) is 1.15. The van der Waals surface area contributed by atoms with Gasteiger partial charge < -0.3 is 15.4 Å². The molecule has 0 rings (SSSR count). The Morgan fingerprint density at radius 1 is 1.33 bits per heavy atom. The van der Waals surface area contributed by atoms with Gasteiger partial charge in [0.15, 0.2) is 0 Å². The normalized spacial score (nSPS) is 9.87. The van der Waals surface area contributed by atoms with Crippen molar-refractivity contribution in [3.05, 3.63) is 0 Å². The van der Waals surface area contributed by atoms with Crippen LogP contribution in [0.1, 0.15) is 26.7 Å². The lowest BCUT2D eigenvalue weighted by Gasteiger charge is -2.14. The molecule has 5 heteroatoms. The van der Waals surface area contributed by atoms with E-state index in [0.29, 0.717) is 25.7 Å². The number of amides is 1.